The van der Waals surface area contributed by atoms with E-state index in [9.17, 15) is 8.42 Å². The zero-order chi connectivity index (χ0) is 19.9. The van der Waals surface area contributed by atoms with E-state index in [4.69, 9.17) is 21.5 Å². The van der Waals surface area contributed by atoms with Crippen LogP contribution < -0.4 is 20.5 Å². The van der Waals surface area contributed by atoms with Gasteiger partial charge < -0.3 is 15.4 Å². The molecule has 0 radical (unpaired) electrons. The van der Waals surface area contributed by atoms with Gasteiger partial charge in [-0.1, -0.05) is 17.7 Å². The van der Waals surface area contributed by atoms with E-state index < -0.39 is 10.0 Å². The zero-order valence-corrected chi connectivity index (χ0v) is 20.3. The first-order chi connectivity index (χ1) is 12.8. The molecule has 0 aliphatic rings. The molecular formula is C17H24ClIN4O3S2. The number of methoxy groups -OCH3 is 1. The van der Waals surface area contributed by atoms with E-state index in [-0.39, 0.29) is 28.2 Å². The van der Waals surface area contributed by atoms with Gasteiger partial charge in [-0.2, -0.15) is 0 Å². The molecular weight excluding hydrogens is 535 g/mol. The highest BCUT2D eigenvalue weighted by molar-refractivity contribution is 14.0. The topological polar surface area (TPSA) is 106 Å². The lowest BCUT2D eigenvalue weighted by Gasteiger charge is -2.12. The number of nitrogens with one attached hydrogen (secondary N) is 2. The Bertz CT molecular complexity index is 904. The van der Waals surface area contributed by atoms with Gasteiger partial charge in [0.05, 0.1) is 13.7 Å². The standard InChI is InChI=1S/C17H23ClN4O3S2.HI/c1-3-20-17(22-11-14-6-7-16(26-14)27(19,23)24)21-9-8-12-4-5-13(25-2)10-15(12)18;/h4-7,10H,3,8-9,11H2,1-2H3,(H2,19,23,24)(H2,20,21,22);1H. The number of ether oxygens (including phenoxy) is 1. The smallest absolute Gasteiger partial charge is 0.247 e. The van der Waals surface area contributed by atoms with Gasteiger partial charge in [-0.3, -0.25) is 0 Å². The molecule has 1 aromatic carbocycles. The van der Waals surface area contributed by atoms with Crippen LogP contribution in [0.2, 0.25) is 5.02 Å². The Morgan fingerprint density at radius 1 is 1.29 bits per heavy atom. The Kier molecular flexibility index (Phi) is 10.5. The number of hydrogen-bond acceptors (Lipinski definition) is 5. The lowest BCUT2D eigenvalue weighted by atomic mass is 10.1. The number of primary sulfonamides is 1. The van der Waals surface area contributed by atoms with Crippen molar-refractivity contribution in [2.24, 2.45) is 10.1 Å². The molecule has 0 unspecified atom stereocenters. The number of guanidine groups is 1. The summed E-state index contributed by atoms with van der Waals surface area (Å²) in [7, 11) is -2.06. The van der Waals surface area contributed by atoms with Gasteiger partial charge in [-0.25, -0.2) is 18.5 Å². The van der Waals surface area contributed by atoms with Crippen molar-refractivity contribution < 1.29 is 13.2 Å². The summed E-state index contributed by atoms with van der Waals surface area (Å²) in [5, 5.41) is 12.2. The second-order valence-electron chi connectivity index (χ2n) is 5.60. The van der Waals surface area contributed by atoms with E-state index in [0.29, 0.717) is 30.6 Å². The van der Waals surface area contributed by atoms with Gasteiger partial charge in [0.2, 0.25) is 10.0 Å². The summed E-state index contributed by atoms with van der Waals surface area (Å²) < 4.78 is 28.0. The molecule has 4 N–H and O–H groups in total. The highest BCUT2D eigenvalue weighted by Gasteiger charge is 2.11. The van der Waals surface area contributed by atoms with Gasteiger partial charge in [-0.15, -0.1) is 35.3 Å². The molecule has 0 saturated carbocycles. The fourth-order valence-corrected chi connectivity index (χ4v) is 4.24. The molecule has 0 fully saturated rings. The summed E-state index contributed by atoms with van der Waals surface area (Å²) in [5.41, 5.74) is 1.01. The Balaban J connectivity index is 0.00000392. The van der Waals surface area contributed by atoms with E-state index in [1.54, 1.807) is 19.2 Å². The predicted molar refractivity (Wildman–Crippen MR) is 126 cm³/mol. The maximum absolute atomic E-state index is 11.3. The molecule has 1 heterocycles. The molecule has 156 valence electrons. The zero-order valence-electron chi connectivity index (χ0n) is 15.6. The summed E-state index contributed by atoms with van der Waals surface area (Å²) in [6.45, 7) is 3.69. The number of benzene rings is 1. The molecule has 0 bridgehead atoms. The van der Waals surface area contributed by atoms with E-state index in [0.717, 1.165) is 33.9 Å². The van der Waals surface area contributed by atoms with E-state index in [1.165, 1.54) is 6.07 Å². The second-order valence-corrected chi connectivity index (χ2v) is 8.96. The molecule has 1 aromatic heterocycles. The molecule has 28 heavy (non-hydrogen) atoms. The third-order valence-electron chi connectivity index (χ3n) is 3.60. The molecule has 0 aliphatic heterocycles. The van der Waals surface area contributed by atoms with Gasteiger partial charge in [0, 0.05) is 23.0 Å². The molecule has 0 atom stereocenters. The van der Waals surface area contributed by atoms with E-state index in [2.05, 4.69) is 15.6 Å². The van der Waals surface area contributed by atoms with Crippen LogP contribution >= 0.6 is 46.9 Å². The predicted octanol–water partition coefficient (Wildman–Crippen LogP) is 2.97. The summed E-state index contributed by atoms with van der Waals surface area (Å²) >= 11 is 7.37. The monoisotopic (exact) mass is 558 g/mol. The van der Waals surface area contributed by atoms with Crippen LogP contribution in [0.3, 0.4) is 0 Å². The highest BCUT2D eigenvalue weighted by Crippen LogP contribution is 2.22. The van der Waals surface area contributed by atoms with Crippen molar-refractivity contribution >= 4 is 62.9 Å². The van der Waals surface area contributed by atoms with E-state index >= 15 is 0 Å². The van der Waals surface area contributed by atoms with Crippen molar-refractivity contribution in [3.63, 3.8) is 0 Å². The SMILES string of the molecule is CCNC(=NCc1ccc(S(N)(=O)=O)s1)NCCc1ccc(OC)cc1Cl.I. The minimum Gasteiger partial charge on any atom is -0.497 e. The number of halogens is 2. The van der Waals surface area contributed by atoms with Gasteiger partial charge in [0.25, 0.3) is 0 Å². The molecule has 0 aliphatic carbocycles. The number of nitrogens with two attached hydrogens (primary N) is 1. The van der Waals surface area contributed by atoms with Crippen LogP contribution in [0.15, 0.2) is 39.5 Å². The third-order valence-corrected chi connectivity index (χ3v) is 6.46. The van der Waals surface area contributed by atoms with E-state index in [1.807, 2.05) is 19.1 Å². The number of thiophene rings is 1. The summed E-state index contributed by atoms with van der Waals surface area (Å²) in [6.07, 6.45) is 0.724. The lowest BCUT2D eigenvalue weighted by molar-refractivity contribution is 0.414. The minimum atomic E-state index is -3.67. The summed E-state index contributed by atoms with van der Waals surface area (Å²) in [6, 6.07) is 8.81. The molecule has 0 spiro atoms. The van der Waals surface area contributed by atoms with Crippen molar-refractivity contribution in [2.45, 2.75) is 24.1 Å². The maximum atomic E-state index is 11.3. The third kappa shape index (κ3) is 7.74. The summed E-state index contributed by atoms with van der Waals surface area (Å²) in [4.78, 5) is 5.29. The summed E-state index contributed by atoms with van der Waals surface area (Å²) in [5.74, 6) is 1.37. The van der Waals surface area contributed by atoms with Crippen LogP contribution in [0.5, 0.6) is 5.75 Å². The van der Waals surface area contributed by atoms with Gasteiger partial charge >= 0.3 is 0 Å². The Labute approximate surface area is 191 Å². The van der Waals surface area contributed by atoms with Crippen LogP contribution in [0.25, 0.3) is 0 Å². The van der Waals surface area contributed by atoms with Crippen molar-refractivity contribution in [1.82, 2.24) is 10.6 Å². The number of aliphatic imine (C=N–C) groups is 1. The van der Waals surface area contributed by atoms with Crippen LogP contribution in [0.1, 0.15) is 17.4 Å². The lowest BCUT2D eigenvalue weighted by Crippen LogP contribution is -2.38. The highest BCUT2D eigenvalue weighted by atomic mass is 127. The van der Waals surface area contributed by atoms with Crippen molar-refractivity contribution in [3.05, 3.63) is 45.8 Å². The van der Waals surface area contributed by atoms with Crippen molar-refractivity contribution in [3.8, 4) is 5.75 Å². The van der Waals surface area contributed by atoms with Gasteiger partial charge in [0.1, 0.15) is 9.96 Å². The maximum Gasteiger partial charge on any atom is 0.247 e. The molecule has 0 amide bonds. The number of nitrogens with zero attached hydrogens (tertiary/aromatic N) is 1. The Morgan fingerprint density at radius 3 is 2.61 bits per heavy atom. The number of rotatable bonds is 8. The molecule has 2 rings (SSSR count). The fourth-order valence-electron chi connectivity index (χ4n) is 2.27. The van der Waals surface area contributed by atoms with Crippen LogP contribution in [0.4, 0.5) is 0 Å². The molecule has 7 nitrogen and oxygen atoms in total. The number of hydrogen-bond donors (Lipinski definition) is 3. The fraction of sp³-hybridized carbons (Fsp3) is 0.353. The first-order valence-corrected chi connectivity index (χ1v) is 11.0. The first kappa shape index (κ1) is 25.0. The van der Waals surface area contributed by atoms with Crippen LogP contribution in [-0.4, -0.2) is 34.6 Å². The first-order valence-electron chi connectivity index (χ1n) is 8.29. The molecule has 11 heteroatoms. The van der Waals surface area contributed by atoms with Crippen molar-refractivity contribution in [2.75, 3.05) is 20.2 Å². The average molecular weight is 559 g/mol. The van der Waals surface area contributed by atoms with Gasteiger partial charge in [0.15, 0.2) is 5.96 Å². The number of sulfonamides is 1. The quantitative estimate of drug-likeness (QED) is 0.262. The Hall–Kier alpha value is -1.08. The minimum absolute atomic E-state index is 0. The van der Waals surface area contributed by atoms with Crippen LogP contribution in [0, 0.1) is 0 Å². The second kappa shape index (κ2) is 11.8. The average Bonchev–Trinajstić information content (AvgIpc) is 3.10. The molecule has 0 saturated heterocycles. The van der Waals surface area contributed by atoms with Crippen LogP contribution in [-0.2, 0) is 23.0 Å². The normalized spacial score (nSPS) is 11.6. The van der Waals surface area contributed by atoms with Gasteiger partial charge in [-0.05, 0) is 43.2 Å². The van der Waals surface area contributed by atoms with Crippen molar-refractivity contribution in [1.29, 1.82) is 0 Å². The largest absolute Gasteiger partial charge is 0.497 e. The molecule has 2 aromatic rings. The Morgan fingerprint density at radius 2 is 2.04 bits per heavy atom.